The summed E-state index contributed by atoms with van der Waals surface area (Å²) in [6.45, 7) is 6.30. The number of pyridine rings is 1. The minimum atomic E-state index is -0.951. The largest absolute Gasteiger partial charge is 0.481 e. The summed E-state index contributed by atoms with van der Waals surface area (Å²) in [5.74, 6) is -0.577. The van der Waals surface area contributed by atoms with E-state index >= 15 is 0 Å². The molecule has 0 bridgehead atoms. The zero-order chi connectivity index (χ0) is 21.5. The lowest BCUT2D eigenvalue weighted by Crippen LogP contribution is -2.33. The van der Waals surface area contributed by atoms with E-state index < -0.39 is 11.6 Å². The van der Waals surface area contributed by atoms with Crippen LogP contribution in [0, 0.1) is 18.3 Å². The molecule has 0 saturated heterocycles. The molecule has 30 heavy (non-hydrogen) atoms. The van der Waals surface area contributed by atoms with Crippen LogP contribution in [0.25, 0.3) is 5.65 Å². The second-order valence-corrected chi connectivity index (χ2v) is 8.78. The van der Waals surface area contributed by atoms with E-state index in [1.807, 2.05) is 45.0 Å². The Morgan fingerprint density at radius 1 is 1.33 bits per heavy atom. The molecule has 0 spiro atoms. The van der Waals surface area contributed by atoms with Crippen LogP contribution in [0.5, 0.6) is 0 Å². The Kier molecular flexibility index (Phi) is 5.13. The quantitative estimate of drug-likeness (QED) is 0.598. The van der Waals surface area contributed by atoms with Crippen molar-refractivity contribution in [2.24, 2.45) is 0 Å². The van der Waals surface area contributed by atoms with Crippen molar-refractivity contribution in [3.63, 3.8) is 0 Å². The number of aromatic nitrogens is 3. The van der Waals surface area contributed by atoms with E-state index in [9.17, 15) is 10.1 Å². The van der Waals surface area contributed by atoms with E-state index in [0.717, 1.165) is 34.1 Å². The lowest BCUT2D eigenvalue weighted by molar-refractivity contribution is -0.133. The molecule has 0 atom stereocenters. The summed E-state index contributed by atoms with van der Waals surface area (Å²) in [5, 5.41) is 31.5. The van der Waals surface area contributed by atoms with E-state index in [1.54, 1.807) is 4.40 Å². The Labute approximate surface area is 177 Å². The maximum atomic E-state index is 11.1. The van der Waals surface area contributed by atoms with Crippen LogP contribution in [0.1, 0.15) is 36.1 Å². The molecule has 1 aromatic carbocycles. The molecule has 8 nitrogen and oxygen atoms in total. The zero-order valence-corrected chi connectivity index (χ0v) is 17.7. The molecule has 3 heterocycles. The fraction of sp³-hybridized carbons (Fsp3) is 0.333. The lowest BCUT2D eigenvalue weighted by Gasteiger charge is -2.33. The molecule has 3 aromatic rings. The third-order valence-corrected chi connectivity index (χ3v) is 5.90. The monoisotopic (exact) mass is 423 g/mol. The first-order valence-corrected chi connectivity index (χ1v) is 10.4. The number of hydrogen-bond donors (Lipinski definition) is 2. The number of benzene rings is 1. The fourth-order valence-corrected chi connectivity index (χ4v) is 4.19. The van der Waals surface area contributed by atoms with Gasteiger partial charge in [-0.05, 0) is 38.5 Å². The number of thioether (sulfide) groups is 1. The number of nitrogens with zero attached hydrogens (tertiary/aromatic N) is 4. The number of nitriles is 1. The molecule has 0 fully saturated rings. The van der Waals surface area contributed by atoms with Crippen LogP contribution in [-0.4, -0.2) is 37.0 Å². The van der Waals surface area contributed by atoms with E-state index in [4.69, 9.17) is 9.84 Å². The normalized spacial score (nSPS) is 14.9. The summed E-state index contributed by atoms with van der Waals surface area (Å²) < 4.78 is 7.70. The number of carbonyl (C=O) groups is 1. The Hall–Kier alpha value is -3.09. The van der Waals surface area contributed by atoms with Gasteiger partial charge >= 0.3 is 5.97 Å². The number of carboxylic acid groups (broad SMARTS) is 1. The van der Waals surface area contributed by atoms with Gasteiger partial charge in [0.05, 0.1) is 23.5 Å². The molecule has 1 aliphatic rings. The highest BCUT2D eigenvalue weighted by molar-refractivity contribution is 7.99. The van der Waals surface area contributed by atoms with Crippen molar-refractivity contribution in [3.8, 4) is 6.07 Å². The van der Waals surface area contributed by atoms with Crippen LogP contribution >= 0.6 is 11.8 Å². The van der Waals surface area contributed by atoms with Gasteiger partial charge < -0.3 is 15.2 Å². The van der Waals surface area contributed by atoms with Gasteiger partial charge in [0.1, 0.15) is 11.9 Å². The Morgan fingerprint density at radius 3 is 2.73 bits per heavy atom. The van der Waals surface area contributed by atoms with E-state index in [0.29, 0.717) is 35.2 Å². The minimum Gasteiger partial charge on any atom is -0.481 e. The lowest BCUT2D eigenvalue weighted by atomic mass is 9.89. The molecule has 2 N–H and O–H groups in total. The maximum Gasteiger partial charge on any atom is 0.313 e. The second kappa shape index (κ2) is 7.63. The van der Waals surface area contributed by atoms with Crippen LogP contribution < -0.4 is 5.32 Å². The summed E-state index contributed by atoms with van der Waals surface area (Å²) in [7, 11) is 0. The highest BCUT2D eigenvalue weighted by Gasteiger charge is 2.33. The van der Waals surface area contributed by atoms with Gasteiger partial charge in [-0.3, -0.25) is 9.20 Å². The first-order valence-electron chi connectivity index (χ1n) is 9.44. The molecule has 9 heteroatoms. The summed E-state index contributed by atoms with van der Waals surface area (Å²) in [6.07, 6.45) is 0.564. The molecule has 1 aliphatic heterocycles. The number of anilines is 2. The van der Waals surface area contributed by atoms with Crippen molar-refractivity contribution in [1.29, 1.82) is 5.26 Å². The number of ether oxygens (including phenoxy) is 1. The number of aliphatic carboxylic acids is 1. The van der Waals surface area contributed by atoms with Crippen LogP contribution in [0.4, 0.5) is 11.5 Å². The molecule has 154 valence electrons. The number of rotatable bonds is 5. The van der Waals surface area contributed by atoms with Crippen LogP contribution in [-0.2, 0) is 22.6 Å². The Balaban J connectivity index is 1.95. The summed E-state index contributed by atoms with van der Waals surface area (Å²) >= 11 is 1.06. The van der Waals surface area contributed by atoms with E-state index in [1.165, 1.54) is 0 Å². The summed E-state index contributed by atoms with van der Waals surface area (Å²) in [4.78, 5) is 11.1. The standard InChI is InChI=1S/C21H21N5O3S/c1-12-4-6-13(7-5-12)23-18-15(9-22)14-8-21(2,3)29-10-16(14)19-24-25-20(26(18)19)30-11-17(27)28/h4-7,23H,8,10-11H2,1-3H3,(H,27,28). The zero-order valence-electron chi connectivity index (χ0n) is 16.9. The van der Waals surface area contributed by atoms with Gasteiger partial charge in [-0.1, -0.05) is 29.5 Å². The van der Waals surface area contributed by atoms with Crippen LogP contribution in [0.2, 0.25) is 0 Å². The molecule has 0 amide bonds. The highest BCUT2D eigenvalue weighted by Crippen LogP contribution is 2.38. The number of nitrogens with one attached hydrogen (secondary N) is 1. The number of carboxylic acids is 1. The molecule has 0 aliphatic carbocycles. The van der Waals surface area contributed by atoms with Gasteiger partial charge in [0.2, 0.25) is 0 Å². The average Bonchev–Trinajstić information content (AvgIpc) is 3.11. The maximum absolute atomic E-state index is 11.1. The van der Waals surface area contributed by atoms with Gasteiger partial charge in [-0.15, -0.1) is 10.2 Å². The van der Waals surface area contributed by atoms with E-state index in [2.05, 4.69) is 21.6 Å². The van der Waals surface area contributed by atoms with Crippen LogP contribution in [0.15, 0.2) is 29.4 Å². The fourth-order valence-electron chi connectivity index (χ4n) is 3.53. The Morgan fingerprint density at radius 2 is 2.07 bits per heavy atom. The minimum absolute atomic E-state index is 0.159. The van der Waals surface area contributed by atoms with E-state index in [-0.39, 0.29) is 5.75 Å². The molecule has 2 aromatic heterocycles. The topological polar surface area (TPSA) is 113 Å². The third kappa shape index (κ3) is 3.72. The van der Waals surface area contributed by atoms with Crippen molar-refractivity contribution in [2.45, 2.75) is 44.6 Å². The molecule has 0 saturated carbocycles. The molecule has 4 rings (SSSR count). The molecular weight excluding hydrogens is 402 g/mol. The predicted octanol–water partition coefficient (Wildman–Crippen LogP) is 3.68. The third-order valence-electron chi connectivity index (χ3n) is 4.99. The summed E-state index contributed by atoms with van der Waals surface area (Å²) in [6, 6.07) is 10.2. The highest BCUT2D eigenvalue weighted by atomic mass is 32.2. The van der Waals surface area contributed by atoms with Crippen molar-refractivity contribution < 1.29 is 14.6 Å². The first-order chi connectivity index (χ1) is 14.3. The second-order valence-electron chi connectivity index (χ2n) is 7.83. The van der Waals surface area contributed by atoms with Crippen molar-refractivity contribution in [3.05, 3.63) is 46.5 Å². The number of aryl methyl sites for hydroxylation is 1. The molecular formula is C21H21N5O3S. The van der Waals surface area contributed by atoms with Crippen molar-refractivity contribution >= 4 is 34.9 Å². The Bertz CT molecular complexity index is 1180. The summed E-state index contributed by atoms with van der Waals surface area (Å²) in [5.41, 5.74) is 4.30. The van der Waals surface area contributed by atoms with Crippen molar-refractivity contribution in [2.75, 3.05) is 11.1 Å². The molecule has 0 radical (unpaired) electrons. The SMILES string of the molecule is Cc1ccc(Nc2c(C#N)c3c(c4nnc(SCC(=O)O)n24)COC(C)(C)C3)cc1. The van der Waals surface area contributed by atoms with Gasteiger partial charge in [-0.25, -0.2) is 0 Å². The van der Waals surface area contributed by atoms with Gasteiger partial charge in [0.25, 0.3) is 0 Å². The van der Waals surface area contributed by atoms with Gasteiger partial charge in [0.15, 0.2) is 10.8 Å². The average molecular weight is 423 g/mol. The van der Waals surface area contributed by atoms with Crippen LogP contribution in [0.3, 0.4) is 0 Å². The smallest absolute Gasteiger partial charge is 0.313 e. The molecule has 0 unspecified atom stereocenters. The number of fused-ring (bicyclic) bond motifs is 3. The van der Waals surface area contributed by atoms with Gasteiger partial charge in [0, 0.05) is 17.7 Å². The number of hydrogen-bond acceptors (Lipinski definition) is 7. The van der Waals surface area contributed by atoms with Gasteiger partial charge in [-0.2, -0.15) is 5.26 Å². The van der Waals surface area contributed by atoms with Crippen molar-refractivity contribution in [1.82, 2.24) is 14.6 Å². The first kappa shape index (κ1) is 20.2. The predicted molar refractivity (Wildman–Crippen MR) is 113 cm³/mol.